The van der Waals surface area contributed by atoms with E-state index in [1.165, 1.54) is 6.92 Å². The molecule has 1 fully saturated rings. The zero-order valence-corrected chi connectivity index (χ0v) is 16.7. The Hall–Kier alpha value is -2.97. The Morgan fingerprint density at radius 1 is 1.21 bits per heavy atom. The lowest BCUT2D eigenvalue weighted by molar-refractivity contribution is -0.136. The molecule has 9 heteroatoms. The summed E-state index contributed by atoms with van der Waals surface area (Å²) in [4.78, 5) is 42.7. The van der Waals surface area contributed by atoms with Crippen LogP contribution in [-0.2, 0) is 9.53 Å². The van der Waals surface area contributed by atoms with Crippen LogP contribution in [0.4, 0.5) is 4.79 Å². The predicted molar refractivity (Wildman–Crippen MR) is 102 cm³/mol. The highest BCUT2D eigenvalue weighted by Crippen LogP contribution is 2.25. The maximum atomic E-state index is 12.9. The van der Waals surface area contributed by atoms with Gasteiger partial charge in [0.15, 0.2) is 11.8 Å². The maximum absolute atomic E-state index is 12.9. The summed E-state index contributed by atoms with van der Waals surface area (Å²) in [5.74, 6) is -1.09. The Morgan fingerprint density at radius 2 is 1.93 bits per heavy atom. The highest BCUT2D eigenvalue weighted by atomic mass is 16.5. The van der Waals surface area contributed by atoms with E-state index in [1.807, 2.05) is 27.7 Å². The molecule has 3 rings (SSSR count). The number of urea groups is 1. The van der Waals surface area contributed by atoms with Crippen molar-refractivity contribution in [3.63, 3.8) is 0 Å². The van der Waals surface area contributed by atoms with E-state index in [0.29, 0.717) is 23.1 Å². The molecule has 1 saturated heterocycles. The van der Waals surface area contributed by atoms with Crippen LogP contribution in [0.1, 0.15) is 62.6 Å². The van der Waals surface area contributed by atoms with Crippen molar-refractivity contribution in [2.24, 2.45) is 0 Å². The minimum absolute atomic E-state index is 0.0745. The molecule has 0 aromatic carbocycles. The molecular weight excluding hydrogens is 362 g/mol. The molecule has 3 heterocycles. The second-order valence-electron chi connectivity index (χ2n) is 7.44. The van der Waals surface area contributed by atoms with Crippen molar-refractivity contribution in [1.82, 2.24) is 25.0 Å². The van der Waals surface area contributed by atoms with Gasteiger partial charge in [0.05, 0.1) is 17.1 Å². The molecule has 9 nitrogen and oxygen atoms in total. The van der Waals surface area contributed by atoms with Crippen LogP contribution in [0.25, 0.3) is 11.0 Å². The number of rotatable bonds is 5. The van der Waals surface area contributed by atoms with Crippen LogP contribution in [0.3, 0.4) is 0 Å². The number of nitrogens with one attached hydrogen (secondary N) is 1. The van der Waals surface area contributed by atoms with Crippen LogP contribution >= 0.6 is 0 Å². The van der Waals surface area contributed by atoms with Gasteiger partial charge in [0.2, 0.25) is 0 Å². The lowest BCUT2D eigenvalue weighted by Gasteiger charge is -2.18. The molecule has 2 aromatic rings. The van der Waals surface area contributed by atoms with Gasteiger partial charge in [-0.1, -0.05) is 13.8 Å². The number of imide groups is 1. The van der Waals surface area contributed by atoms with Gasteiger partial charge in [-0.2, -0.15) is 5.10 Å². The fraction of sp³-hybridized carbons (Fsp3) is 0.526. The summed E-state index contributed by atoms with van der Waals surface area (Å²) in [5.41, 5.74) is 1.65. The van der Waals surface area contributed by atoms with Gasteiger partial charge in [0.1, 0.15) is 0 Å². The standard InChI is InChI=1S/C19H25N5O4/c1-10(2)15-8-13(14-9-21-24(11(3)4)16(14)22-15)18(26)28-12(5)17(25)23-7-6-20-19(23)27/h8-12H,6-7H2,1-5H3,(H,20,27)/t12-/m0/s1. The number of nitrogens with zero attached hydrogens (tertiary/aromatic N) is 4. The Balaban J connectivity index is 1.92. The van der Waals surface area contributed by atoms with Gasteiger partial charge < -0.3 is 10.1 Å². The van der Waals surface area contributed by atoms with Crippen LogP contribution < -0.4 is 5.32 Å². The van der Waals surface area contributed by atoms with Crippen molar-refractivity contribution in [3.8, 4) is 0 Å². The highest BCUT2D eigenvalue weighted by Gasteiger charge is 2.32. The molecule has 0 spiro atoms. The van der Waals surface area contributed by atoms with Crippen molar-refractivity contribution < 1.29 is 19.1 Å². The van der Waals surface area contributed by atoms with E-state index < -0.39 is 24.0 Å². The molecule has 0 unspecified atom stereocenters. The smallest absolute Gasteiger partial charge is 0.339 e. The molecule has 1 N–H and O–H groups in total. The molecule has 150 valence electrons. The molecular formula is C19H25N5O4. The largest absolute Gasteiger partial charge is 0.449 e. The number of hydrogen-bond acceptors (Lipinski definition) is 6. The van der Waals surface area contributed by atoms with Crippen LogP contribution in [0.15, 0.2) is 12.3 Å². The van der Waals surface area contributed by atoms with Gasteiger partial charge in [0.25, 0.3) is 5.91 Å². The number of pyridine rings is 1. The van der Waals surface area contributed by atoms with E-state index in [2.05, 4.69) is 15.4 Å². The number of carbonyl (C=O) groups is 3. The molecule has 2 aromatic heterocycles. The first-order valence-corrected chi connectivity index (χ1v) is 9.39. The number of amides is 3. The lowest BCUT2D eigenvalue weighted by atomic mass is 10.1. The highest BCUT2D eigenvalue weighted by molar-refractivity contribution is 6.04. The van der Waals surface area contributed by atoms with Gasteiger partial charge >= 0.3 is 12.0 Å². The quantitative estimate of drug-likeness (QED) is 0.789. The minimum Gasteiger partial charge on any atom is -0.449 e. The van der Waals surface area contributed by atoms with Crippen LogP contribution in [0.2, 0.25) is 0 Å². The molecule has 0 radical (unpaired) electrons. The monoisotopic (exact) mass is 387 g/mol. The van der Waals surface area contributed by atoms with Crippen molar-refractivity contribution in [3.05, 3.63) is 23.5 Å². The van der Waals surface area contributed by atoms with Gasteiger partial charge in [-0.15, -0.1) is 0 Å². The number of aromatic nitrogens is 3. The Labute approximate surface area is 163 Å². The third-order valence-electron chi connectivity index (χ3n) is 4.64. The maximum Gasteiger partial charge on any atom is 0.339 e. The second kappa shape index (κ2) is 7.57. The number of esters is 1. The number of hydrogen-bond donors (Lipinski definition) is 1. The number of fused-ring (bicyclic) bond motifs is 1. The average Bonchev–Trinajstić information content (AvgIpc) is 3.25. The molecule has 28 heavy (non-hydrogen) atoms. The van der Waals surface area contributed by atoms with E-state index in [-0.39, 0.29) is 18.5 Å². The third kappa shape index (κ3) is 3.56. The topological polar surface area (TPSA) is 106 Å². The van der Waals surface area contributed by atoms with Crippen LogP contribution in [0, 0.1) is 0 Å². The van der Waals surface area contributed by atoms with Gasteiger partial charge in [-0.25, -0.2) is 19.3 Å². The van der Waals surface area contributed by atoms with Crippen molar-refractivity contribution in [1.29, 1.82) is 0 Å². The molecule has 1 aliphatic rings. The zero-order valence-electron chi connectivity index (χ0n) is 16.7. The van der Waals surface area contributed by atoms with Crippen LogP contribution in [-0.4, -0.2) is 56.8 Å². The van der Waals surface area contributed by atoms with E-state index in [9.17, 15) is 14.4 Å². The van der Waals surface area contributed by atoms with E-state index in [1.54, 1.807) is 16.9 Å². The Kier molecular flexibility index (Phi) is 5.35. The Bertz CT molecular complexity index is 934. The van der Waals surface area contributed by atoms with Crippen molar-refractivity contribution in [2.75, 3.05) is 13.1 Å². The van der Waals surface area contributed by atoms with E-state index >= 15 is 0 Å². The molecule has 1 atom stereocenters. The summed E-state index contributed by atoms with van der Waals surface area (Å²) >= 11 is 0. The van der Waals surface area contributed by atoms with Crippen LogP contribution in [0.5, 0.6) is 0 Å². The fourth-order valence-corrected chi connectivity index (χ4v) is 3.06. The first-order valence-electron chi connectivity index (χ1n) is 9.39. The Morgan fingerprint density at radius 3 is 2.50 bits per heavy atom. The summed E-state index contributed by atoms with van der Waals surface area (Å²) in [6.07, 6.45) is 0.505. The van der Waals surface area contributed by atoms with E-state index in [0.717, 1.165) is 10.6 Å². The van der Waals surface area contributed by atoms with Gasteiger partial charge in [-0.3, -0.25) is 9.69 Å². The second-order valence-corrected chi connectivity index (χ2v) is 7.44. The number of ether oxygens (including phenoxy) is 1. The molecule has 0 aliphatic carbocycles. The predicted octanol–water partition coefficient (Wildman–Crippen LogP) is 2.23. The van der Waals surface area contributed by atoms with Crippen molar-refractivity contribution in [2.45, 2.75) is 52.7 Å². The molecule has 3 amide bonds. The summed E-state index contributed by atoms with van der Waals surface area (Å²) in [6, 6.07) is 1.28. The minimum atomic E-state index is -1.08. The SMILES string of the molecule is CC(C)c1cc(C(=O)O[C@@H](C)C(=O)N2CCNC2=O)c2cnn(C(C)C)c2n1. The summed E-state index contributed by atoms with van der Waals surface area (Å²) < 4.78 is 7.15. The molecule has 1 aliphatic heterocycles. The first-order chi connectivity index (χ1) is 13.2. The first kappa shape index (κ1) is 19.8. The summed E-state index contributed by atoms with van der Waals surface area (Å²) in [7, 11) is 0. The third-order valence-corrected chi connectivity index (χ3v) is 4.64. The number of carbonyl (C=O) groups excluding carboxylic acids is 3. The summed E-state index contributed by atoms with van der Waals surface area (Å²) in [5, 5.41) is 7.47. The van der Waals surface area contributed by atoms with Crippen molar-refractivity contribution >= 4 is 28.9 Å². The van der Waals surface area contributed by atoms with E-state index in [4.69, 9.17) is 4.74 Å². The average molecular weight is 387 g/mol. The molecule has 0 saturated carbocycles. The van der Waals surface area contributed by atoms with Gasteiger partial charge in [0, 0.05) is 24.8 Å². The lowest BCUT2D eigenvalue weighted by Crippen LogP contribution is -2.41. The zero-order chi connectivity index (χ0) is 20.6. The molecule has 0 bridgehead atoms. The van der Waals surface area contributed by atoms with Gasteiger partial charge in [-0.05, 0) is 32.8 Å². The fourth-order valence-electron chi connectivity index (χ4n) is 3.06. The normalized spacial score (nSPS) is 15.4. The summed E-state index contributed by atoms with van der Waals surface area (Å²) in [6.45, 7) is 10.0.